The van der Waals surface area contributed by atoms with E-state index in [9.17, 15) is 9.18 Å². The fraction of sp³-hybridized carbons (Fsp3) is 0.130. The lowest BCUT2D eigenvalue weighted by molar-refractivity contribution is 0.252. The molecule has 160 valence electrons. The van der Waals surface area contributed by atoms with Gasteiger partial charge in [-0.3, -0.25) is 0 Å². The molecule has 0 fully saturated rings. The molecule has 3 rings (SSSR count). The Kier molecular flexibility index (Phi) is 7.61. The van der Waals surface area contributed by atoms with Gasteiger partial charge in [0.25, 0.3) is 0 Å². The summed E-state index contributed by atoms with van der Waals surface area (Å²) in [6, 6.07) is 16.8. The number of benzene rings is 3. The Hall–Kier alpha value is -3.39. The number of methoxy groups -OCH3 is 1. The van der Waals surface area contributed by atoms with E-state index in [1.807, 2.05) is 25.1 Å². The van der Waals surface area contributed by atoms with E-state index in [4.69, 9.17) is 9.47 Å². The quantitative estimate of drug-likeness (QED) is 0.336. The van der Waals surface area contributed by atoms with Crippen molar-refractivity contribution in [3.63, 3.8) is 0 Å². The van der Waals surface area contributed by atoms with Crippen molar-refractivity contribution in [2.75, 3.05) is 12.4 Å². The summed E-state index contributed by atoms with van der Waals surface area (Å²) in [5, 5.41) is 6.69. The molecule has 0 spiro atoms. The number of amides is 2. The molecule has 0 saturated carbocycles. The van der Waals surface area contributed by atoms with Crippen LogP contribution in [0.3, 0.4) is 0 Å². The Morgan fingerprint density at radius 1 is 1.16 bits per heavy atom. The van der Waals surface area contributed by atoms with Crippen LogP contribution in [-0.4, -0.2) is 19.4 Å². The minimum Gasteiger partial charge on any atom is -0.493 e. The van der Waals surface area contributed by atoms with Gasteiger partial charge in [-0.1, -0.05) is 36.4 Å². The fourth-order valence-corrected chi connectivity index (χ4v) is 3.32. The summed E-state index contributed by atoms with van der Waals surface area (Å²) in [5.74, 6) is 0.543. The summed E-state index contributed by atoms with van der Waals surface area (Å²) < 4.78 is 25.6. The summed E-state index contributed by atoms with van der Waals surface area (Å²) in [4.78, 5) is 12.0. The van der Waals surface area contributed by atoms with Crippen molar-refractivity contribution in [2.24, 2.45) is 5.10 Å². The van der Waals surface area contributed by atoms with Gasteiger partial charge >= 0.3 is 6.03 Å². The number of nitrogens with one attached hydrogen (secondary N) is 2. The van der Waals surface area contributed by atoms with Crippen LogP contribution in [0.15, 0.2) is 70.2 Å². The molecule has 0 bridgehead atoms. The van der Waals surface area contributed by atoms with E-state index in [0.29, 0.717) is 32.8 Å². The lowest BCUT2D eigenvalue weighted by atomic mass is 10.2. The number of hydrogen-bond donors (Lipinski definition) is 2. The number of para-hydroxylation sites is 1. The lowest BCUT2D eigenvalue weighted by Crippen LogP contribution is -2.24. The molecular formula is C23H21BrFN3O3. The number of carbonyl (C=O) groups is 1. The van der Waals surface area contributed by atoms with E-state index in [2.05, 4.69) is 31.8 Å². The molecule has 2 amide bonds. The van der Waals surface area contributed by atoms with Gasteiger partial charge in [0.05, 0.1) is 17.8 Å². The largest absolute Gasteiger partial charge is 0.493 e. The van der Waals surface area contributed by atoms with Crippen LogP contribution in [-0.2, 0) is 6.61 Å². The van der Waals surface area contributed by atoms with Crippen LogP contribution in [0.25, 0.3) is 0 Å². The van der Waals surface area contributed by atoms with Gasteiger partial charge in [0, 0.05) is 11.3 Å². The van der Waals surface area contributed by atoms with Crippen molar-refractivity contribution in [3.8, 4) is 11.5 Å². The molecule has 8 heteroatoms. The van der Waals surface area contributed by atoms with Crippen molar-refractivity contribution in [3.05, 3.63) is 87.6 Å². The van der Waals surface area contributed by atoms with E-state index in [1.54, 1.807) is 36.4 Å². The monoisotopic (exact) mass is 485 g/mol. The van der Waals surface area contributed by atoms with Crippen molar-refractivity contribution in [1.82, 2.24) is 5.43 Å². The average molecular weight is 486 g/mol. The molecule has 0 aliphatic rings. The molecule has 6 nitrogen and oxygen atoms in total. The molecular weight excluding hydrogens is 465 g/mol. The lowest BCUT2D eigenvalue weighted by Gasteiger charge is -2.14. The second-order valence-electron chi connectivity index (χ2n) is 6.55. The third kappa shape index (κ3) is 6.05. The Bertz CT molecular complexity index is 1110. The first-order valence-electron chi connectivity index (χ1n) is 9.37. The zero-order valence-electron chi connectivity index (χ0n) is 17.0. The van der Waals surface area contributed by atoms with E-state index in [0.717, 1.165) is 5.56 Å². The molecule has 3 aromatic carbocycles. The predicted octanol–water partition coefficient (Wildman–Crippen LogP) is 5.64. The first-order chi connectivity index (χ1) is 15.0. The van der Waals surface area contributed by atoms with Crippen LogP contribution in [0.5, 0.6) is 11.5 Å². The van der Waals surface area contributed by atoms with E-state index in [1.165, 1.54) is 19.4 Å². The van der Waals surface area contributed by atoms with Gasteiger partial charge in [-0.2, -0.15) is 5.10 Å². The van der Waals surface area contributed by atoms with Crippen molar-refractivity contribution in [1.29, 1.82) is 0 Å². The number of aryl methyl sites for hydroxylation is 1. The Morgan fingerprint density at radius 2 is 1.90 bits per heavy atom. The van der Waals surface area contributed by atoms with Gasteiger partial charge < -0.3 is 14.8 Å². The van der Waals surface area contributed by atoms with Gasteiger partial charge in [0.1, 0.15) is 12.4 Å². The summed E-state index contributed by atoms with van der Waals surface area (Å²) in [6.07, 6.45) is 1.48. The smallest absolute Gasteiger partial charge is 0.339 e. The van der Waals surface area contributed by atoms with Gasteiger partial charge in [-0.15, -0.1) is 0 Å². The maximum Gasteiger partial charge on any atom is 0.339 e. The second-order valence-corrected chi connectivity index (χ2v) is 7.41. The van der Waals surface area contributed by atoms with E-state index >= 15 is 0 Å². The number of ether oxygens (including phenoxy) is 2. The number of hydrazone groups is 1. The van der Waals surface area contributed by atoms with Crippen molar-refractivity contribution >= 4 is 33.9 Å². The number of rotatable bonds is 7. The Labute approximate surface area is 188 Å². The molecule has 2 N–H and O–H groups in total. The van der Waals surface area contributed by atoms with Crippen molar-refractivity contribution in [2.45, 2.75) is 13.5 Å². The number of urea groups is 1. The third-order valence-electron chi connectivity index (χ3n) is 4.35. The highest BCUT2D eigenvalue weighted by Gasteiger charge is 2.13. The van der Waals surface area contributed by atoms with Crippen LogP contribution in [0.4, 0.5) is 14.9 Å². The van der Waals surface area contributed by atoms with Crippen molar-refractivity contribution < 1.29 is 18.7 Å². The zero-order valence-corrected chi connectivity index (χ0v) is 18.6. The molecule has 0 aliphatic carbocycles. The average Bonchev–Trinajstić information content (AvgIpc) is 2.75. The van der Waals surface area contributed by atoms with Crippen LogP contribution in [0.2, 0.25) is 0 Å². The molecule has 0 unspecified atom stereocenters. The van der Waals surface area contributed by atoms with Gasteiger partial charge in [0.2, 0.25) is 0 Å². The summed E-state index contributed by atoms with van der Waals surface area (Å²) in [5.41, 5.74) is 5.17. The Morgan fingerprint density at radius 3 is 2.65 bits per heavy atom. The van der Waals surface area contributed by atoms with E-state index in [-0.39, 0.29) is 12.4 Å². The highest BCUT2D eigenvalue weighted by Crippen LogP contribution is 2.37. The van der Waals surface area contributed by atoms with Crippen LogP contribution < -0.4 is 20.2 Å². The summed E-state index contributed by atoms with van der Waals surface area (Å²) >= 11 is 3.44. The predicted molar refractivity (Wildman–Crippen MR) is 122 cm³/mol. The van der Waals surface area contributed by atoms with Gasteiger partial charge in [-0.25, -0.2) is 14.6 Å². The number of anilines is 1. The topological polar surface area (TPSA) is 72.0 Å². The maximum absolute atomic E-state index is 13.8. The standard InChI is InChI=1S/C23H21BrFN3O3/c1-15-7-3-6-10-20(15)27-23(29)28-26-13-16-11-18(24)22(21(12-16)30-2)31-14-17-8-4-5-9-19(17)25/h3-13H,14H2,1-2H3,(H2,27,28,29). The maximum atomic E-state index is 13.8. The third-order valence-corrected chi connectivity index (χ3v) is 4.94. The van der Waals surface area contributed by atoms with Crippen LogP contribution >= 0.6 is 15.9 Å². The van der Waals surface area contributed by atoms with Crippen LogP contribution in [0, 0.1) is 12.7 Å². The summed E-state index contributed by atoms with van der Waals surface area (Å²) in [6.45, 7) is 1.95. The number of nitrogens with zero attached hydrogens (tertiary/aromatic N) is 1. The van der Waals surface area contributed by atoms with Gasteiger partial charge in [0.15, 0.2) is 11.5 Å². The highest BCUT2D eigenvalue weighted by molar-refractivity contribution is 9.10. The minimum atomic E-state index is -0.457. The number of hydrogen-bond acceptors (Lipinski definition) is 4. The molecule has 0 aromatic heterocycles. The Balaban J connectivity index is 1.65. The first-order valence-corrected chi connectivity index (χ1v) is 10.2. The molecule has 0 aliphatic heterocycles. The van der Waals surface area contributed by atoms with E-state index < -0.39 is 6.03 Å². The number of halogens is 2. The first kappa shape index (κ1) is 22.3. The SMILES string of the molecule is COc1cc(C=NNC(=O)Nc2ccccc2C)cc(Br)c1OCc1ccccc1F. The molecule has 0 radical (unpaired) electrons. The molecule has 0 saturated heterocycles. The zero-order chi connectivity index (χ0) is 22.2. The minimum absolute atomic E-state index is 0.0513. The summed E-state index contributed by atoms with van der Waals surface area (Å²) in [7, 11) is 1.51. The number of carbonyl (C=O) groups excluding carboxylic acids is 1. The van der Waals surface area contributed by atoms with Gasteiger partial charge in [-0.05, 0) is 58.2 Å². The normalized spacial score (nSPS) is 10.7. The fourth-order valence-electron chi connectivity index (χ4n) is 2.75. The molecule has 0 atom stereocenters. The van der Waals surface area contributed by atoms with Crippen LogP contribution in [0.1, 0.15) is 16.7 Å². The second kappa shape index (κ2) is 10.6. The molecule has 3 aromatic rings. The molecule has 31 heavy (non-hydrogen) atoms. The molecule has 0 heterocycles. The highest BCUT2D eigenvalue weighted by atomic mass is 79.9.